The van der Waals surface area contributed by atoms with Gasteiger partial charge in [0.1, 0.15) is 220 Å². The fourth-order valence-corrected chi connectivity index (χ4v) is 12.1. The van der Waals surface area contributed by atoms with E-state index < -0.39 is 5.41 Å². The standard InChI is InChI=1S/C50H6B28/c1-4(51)21-17(24(53)5(2)52)18-23(41(70)49(78)47(76)36(18)65)50(21)7-3-6(25(54)29(58)9(7)16-22(50)40(69)48(77)46(75)35(16)64)8-27(56)38(67)20(39(68)28(8)57)19-26(55)10-11(30(59)37(19)66)13-15(34(63)45(74)43(72)32(13)61)14-12(10)31(60)42(71)44(73)33(14)62/h3H,1H2,2H3/b24-5-. The Hall–Kier alpha value is -4.42. The van der Waals surface area contributed by atoms with Crippen LogP contribution in [0.3, 0.4) is 0 Å². The van der Waals surface area contributed by atoms with Crippen LogP contribution in [0.2, 0.25) is 0 Å². The molecule has 0 nitrogen and oxygen atoms in total. The zero-order valence-corrected chi connectivity index (χ0v) is 42.0. The van der Waals surface area contributed by atoms with Crippen LogP contribution in [-0.2, 0) is 5.41 Å². The number of hydrogen-bond acceptors (Lipinski definition) is 0. The summed E-state index contributed by atoms with van der Waals surface area (Å²) in [4.78, 5) is 0. The first-order valence-electron chi connectivity index (χ1n) is 23.3. The van der Waals surface area contributed by atoms with Crippen LogP contribution in [0.25, 0.3) is 71.3 Å². The largest absolute Gasteiger partial charge is 0.127 e. The molecule has 1 unspecified atom stereocenters. The summed E-state index contributed by atoms with van der Waals surface area (Å²) in [5.74, 6) is 0. The van der Waals surface area contributed by atoms with Crippen molar-refractivity contribution in [2.24, 2.45) is 0 Å². The Morgan fingerprint density at radius 3 is 0.987 bits per heavy atom. The van der Waals surface area contributed by atoms with E-state index in [1.807, 2.05) is 0 Å². The van der Waals surface area contributed by atoms with E-state index in [9.17, 15) is 0 Å². The first kappa shape index (κ1) is 56.8. The SMILES string of the molecule is [B]C(=C)C1=C(/C([B])=C(/[B])C)c2c([B])c([B])c([B])c([B])c2C12c1cc(-c3c([B])c([B])c(-c4c([B])c([B])c5c6c([B])c([B])c([B])c([B])c6c6c([B])c([B])c([B])c([B])c6c5c4[B])c([B])c3[B])c([B])c([B])c1-c1c([B])c([B])c([B])c([B])c12. The Labute approximate surface area is 493 Å². The predicted molar refractivity (Wildman–Crippen MR) is 362 cm³/mol. The third kappa shape index (κ3) is 6.88. The van der Waals surface area contributed by atoms with Crippen molar-refractivity contribution in [1.29, 1.82) is 0 Å². The fourth-order valence-electron chi connectivity index (χ4n) is 12.1. The van der Waals surface area contributed by atoms with Crippen molar-refractivity contribution in [2.75, 3.05) is 0 Å². The van der Waals surface area contributed by atoms with Crippen molar-refractivity contribution in [3.8, 4) is 33.4 Å². The van der Waals surface area contributed by atoms with Crippen molar-refractivity contribution in [2.45, 2.75) is 12.3 Å². The highest BCUT2D eigenvalue weighted by molar-refractivity contribution is 6.77. The van der Waals surface area contributed by atoms with Gasteiger partial charge in [-0.15, -0.1) is 55.8 Å². The van der Waals surface area contributed by atoms with Gasteiger partial charge >= 0.3 is 0 Å². The van der Waals surface area contributed by atoms with Crippen molar-refractivity contribution >= 4 is 394 Å². The topological polar surface area (TPSA) is 0 Å². The molecule has 290 valence electrons. The van der Waals surface area contributed by atoms with Crippen LogP contribution in [0, 0.1) is 0 Å². The number of allylic oxidation sites excluding steroid dienone is 5. The maximum Gasteiger partial charge on any atom is 0.115 e. The van der Waals surface area contributed by atoms with Gasteiger partial charge in [-0.05, 0) is 105 Å². The van der Waals surface area contributed by atoms with E-state index in [-0.39, 0.29) is 252 Å². The normalized spacial score (nSPS) is 14.9. The Balaban J connectivity index is 1.38. The molecule has 0 saturated heterocycles. The molecule has 28 heteroatoms. The van der Waals surface area contributed by atoms with Crippen LogP contribution in [0.15, 0.2) is 34.6 Å². The minimum absolute atomic E-state index is 0.00235. The Morgan fingerprint density at radius 2 is 0.590 bits per heavy atom. The molecule has 0 N–H and O–H groups in total. The summed E-state index contributed by atoms with van der Waals surface area (Å²) in [5.41, 5.74) is -3.44. The fraction of sp³-hybridized carbons (Fsp3) is 0.0400. The highest BCUT2D eigenvalue weighted by Crippen LogP contribution is 2.62. The molecule has 0 bridgehead atoms. The van der Waals surface area contributed by atoms with Gasteiger partial charge in [0.2, 0.25) is 0 Å². The summed E-state index contributed by atoms with van der Waals surface area (Å²) in [6.45, 7) is 5.77. The second kappa shape index (κ2) is 18.8. The summed E-state index contributed by atoms with van der Waals surface area (Å²) in [6.07, 6.45) is 0. The van der Waals surface area contributed by atoms with E-state index in [0.29, 0.717) is 0 Å². The minimum Gasteiger partial charge on any atom is -0.127 e. The van der Waals surface area contributed by atoms with E-state index in [1.54, 1.807) is 13.0 Å². The molecule has 10 rings (SSSR count). The number of fused-ring (bicyclic) bond motifs is 13. The van der Waals surface area contributed by atoms with Gasteiger partial charge in [-0.2, -0.15) is 0 Å². The molecule has 0 fully saturated rings. The average molecular weight is 909 g/mol. The summed E-state index contributed by atoms with van der Waals surface area (Å²) in [6, 6.07) is 1.59. The van der Waals surface area contributed by atoms with E-state index in [0.717, 1.165) is 0 Å². The lowest BCUT2D eigenvalue weighted by molar-refractivity contribution is 0.797. The van der Waals surface area contributed by atoms with Crippen molar-refractivity contribution < 1.29 is 0 Å². The lowest BCUT2D eigenvalue weighted by Crippen LogP contribution is -2.55. The Bertz CT molecular complexity index is 4300. The van der Waals surface area contributed by atoms with Gasteiger partial charge in [0, 0.05) is 0 Å². The van der Waals surface area contributed by atoms with E-state index in [1.165, 1.54) is 0 Å². The number of benzene rings is 8. The quantitative estimate of drug-likeness (QED) is 0.122. The zero-order valence-electron chi connectivity index (χ0n) is 42.0. The molecule has 1 atom stereocenters. The van der Waals surface area contributed by atoms with Gasteiger partial charge in [-0.25, -0.2) is 0 Å². The van der Waals surface area contributed by atoms with E-state index in [2.05, 4.69) is 6.58 Å². The molecule has 0 aromatic heterocycles. The first-order valence-corrected chi connectivity index (χ1v) is 23.3. The second-order valence-electron chi connectivity index (χ2n) is 19.7. The molecule has 8 aromatic carbocycles. The molecule has 1 spiro atoms. The average Bonchev–Trinajstić information content (AvgIpc) is 3.45. The van der Waals surface area contributed by atoms with Crippen LogP contribution in [-0.4, -0.2) is 220 Å². The van der Waals surface area contributed by atoms with Crippen LogP contribution >= 0.6 is 0 Å². The summed E-state index contributed by atoms with van der Waals surface area (Å²) >= 11 is 0. The second-order valence-corrected chi connectivity index (χ2v) is 19.7. The number of rotatable bonds is 4. The van der Waals surface area contributed by atoms with Crippen LogP contribution in [0.1, 0.15) is 29.2 Å². The molecule has 56 radical (unpaired) electrons. The van der Waals surface area contributed by atoms with Gasteiger partial charge in [-0.1, -0.05) is 111 Å². The van der Waals surface area contributed by atoms with Gasteiger partial charge in [0.25, 0.3) is 0 Å². The van der Waals surface area contributed by atoms with Gasteiger partial charge in [0.05, 0.1) is 5.41 Å². The summed E-state index contributed by atoms with van der Waals surface area (Å²) in [7, 11) is 192. The molecule has 2 aliphatic rings. The highest BCUT2D eigenvalue weighted by Gasteiger charge is 2.56. The molecule has 78 heavy (non-hydrogen) atoms. The first-order chi connectivity index (χ1) is 36.3. The van der Waals surface area contributed by atoms with Gasteiger partial charge in [-0.3, -0.25) is 0 Å². The van der Waals surface area contributed by atoms with Crippen LogP contribution in [0.4, 0.5) is 0 Å². The summed E-state index contributed by atoms with van der Waals surface area (Å²) in [5, 5.41) is 0.881. The lowest BCUT2D eigenvalue weighted by atomic mass is 9.54. The molecule has 8 aromatic rings. The smallest absolute Gasteiger partial charge is 0.115 e. The lowest BCUT2D eigenvalue weighted by Gasteiger charge is -2.38. The van der Waals surface area contributed by atoms with Crippen molar-refractivity contribution in [1.82, 2.24) is 0 Å². The molecule has 0 aliphatic heterocycles. The highest BCUT2D eigenvalue weighted by atomic mass is 14.6. The molecule has 0 saturated carbocycles. The Kier molecular flexibility index (Phi) is 13.7. The van der Waals surface area contributed by atoms with E-state index in [4.69, 9.17) is 220 Å². The van der Waals surface area contributed by atoms with Crippen LogP contribution in [0.5, 0.6) is 0 Å². The maximum atomic E-state index is 7.28. The summed E-state index contributed by atoms with van der Waals surface area (Å²) < 4.78 is 0. The maximum absolute atomic E-state index is 7.28. The molecular formula is C50H6B28. The van der Waals surface area contributed by atoms with Crippen LogP contribution < -0.4 is 137 Å². The molecule has 2 aliphatic carbocycles. The molecule has 0 heterocycles. The predicted octanol–water partition coefficient (Wildman–Crippen LogP) is -18.3. The van der Waals surface area contributed by atoms with Gasteiger partial charge in [0.15, 0.2) is 0 Å². The zero-order chi connectivity index (χ0) is 57.8. The molecular weight excluding hydrogens is 903 g/mol. The monoisotopic (exact) mass is 914 g/mol. The van der Waals surface area contributed by atoms with Crippen molar-refractivity contribution in [3.05, 3.63) is 56.9 Å². The minimum atomic E-state index is -1.90. The van der Waals surface area contributed by atoms with Gasteiger partial charge < -0.3 is 0 Å². The third-order valence-corrected chi connectivity index (χ3v) is 15.9. The van der Waals surface area contributed by atoms with Crippen molar-refractivity contribution in [3.63, 3.8) is 0 Å². The molecule has 0 amide bonds. The van der Waals surface area contributed by atoms with E-state index >= 15 is 0 Å². The third-order valence-electron chi connectivity index (χ3n) is 15.9. The Morgan fingerprint density at radius 1 is 0.308 bits per heavy atom. The number of hydrogen-bond donors (Lipinski definition) is 0.